The summed E-state index contributed by atoms with van der Waals surface area (Å²) in [6.07, 6.45) is 3.47. The summed E-state index contributed by atoms with van der Waals surface area (Å²) in [5.41, 5.74) is 3.19. The molecular weight excluding hydrogens is 206 g/mol. The molecule has 2 heterocycles. The van der Waals surface area contributed by atoms with E-state index in [4.69, 9.17) is 4.74 Å². The second kappa shape index (κ2) is 5.74. The SMILES string of the molecule is COCN1CCN(Nc2ncccn2)CC1. The topological polar surface area (TPSA) is 53.5 Å². The molecule has 0 unspecified atom stereocenters. The number of hydrogen-bond acceptors (Lipinski definition) is 6. The Morgan fingerprint density at radius 1 is 1.25 bits per heavy atom. The maximum absolute atomic E-state index is 5.10. The van der Waals surface area contributed by atoms with E-state index in [-0.39, 0.29) is 0 Å². The van der Waals surface area contributed by atoms with Gasteiger partial charge in [-0.25, -0.2) is 15.0 Å². The summed E-state index contributed by atoms with van der Waals surface area (Å²) in [7, 11) is 1.72. The standard InChI is InChI=1S/C10H17N5O/c1-16-9-14-5-7-15(8-6-14)13-10-11-3-2-4-12-10/h2-4H,5-9H2,1H3,(H,11,12,13). The van der Waals surface area contributed by atoms with Crippen LogP contribution in [0.3, 0.4) is 0 Å². The molecule has 6 nitrogen and oxygen atoms in total. The van der Waals surface area contributed by atoms with Gasteiger partial charge in [-0.3, -0.25) is 10.3 Å². The average molecular weight is 223 g/mol. The zero-order valence-electron chi connectivity index (χ0n) is 9.46. The van der Waals surface area contributed by atoms with Crippen molar-refractivity contribution >= 4 is 5.95 Å². The van der Waals surface area contributed by atoms with Gasteiger partial charge in [0.05, 0.1) is 6.73 Å². The molecule has 0 aliphatic carbocycles. The van der Waals surface area contributed by atoms with Crippen LogP contribution < -0.4 is 5.43 Å². The number of hydrazine groups is 1. The second-order valence-corrected chi connectivity index (χ2v) is 3.71. The zero-order valence-corrected chi connectivity index (χ0v) is 9.46. The van der Waals surface area contributed by atoms with Crippen LogP contribution in [0.1, 0.15) is 0 Å². The van der Waals surface area contributed by atoms with Crippen LogP contribution in [0, 0.1) is 0 Å². The number of aromatic nitrogens is 2. The van der Waals surface area contributed by atoms with Gasteiger partial charge in [-0.2, -0.15) is 0 Å². The van der Waals surface area contributed by atoms with Crippen molar-refractivity contribution < 1.29 is 4.74 Å². The number of nitrogens with one attached hydrogen (secondary N) is 1. The van der Waals surface area contributed by atoms with Crippen molar-refractivity contribution in [2.24, 2.45) is 0 Å². The number of nitrogens with zero attached hydrogens (tertiary/aromatic N) is 4. The Bertz CT molecular complexity index is 299. The summed E-state index contributed by atoms with van der Waals surface area (Å²) in [5.74, 6) is 0.655. The molecule has 0 radical (unpaired) electrons. The van der Waals surface area contributed by atoms with E-state index >= 15 is 0 Å². The van der Waals surface area contributed by atoms with E-state index in [1.54, 1.807) is 19.5 Å². The molecule has 2 rings (SSSR count). The molecule has 1 aromatic rings. The van der Waals surface area contributed by atoms with Gasteiger partial charge < -0.3 is 4.74 Å². The number of piperazine rings is 1. The number of methoxy groups -OCH3 is 1. The number of anilines is 1. The van der Waals surface area contributed by atoms with Crippen molar-refractivity contribution in [3.8, 4) is 0 Å². The molecule has 6 heteroatoms. The van der Waals surface area contributed by atoms with Crippen LogP contribution in [0.25, 0.3) is 0 Å². The molecule has 16 heavy (non-hydrogen) atoms. The minimum atomic E-state index is 0.655. The summed E-state index contributed by atoms with van der Waals surface area (Å²) in [6, 6.07) is 1.81. The van der Waals surface area contributed by atoms with Gasteiger partial charge in [-0.05, 0) is 6.07 Å². The van der Waals surface area contributed by atoms with E-state index in [9.17, 15) is 0 Å². The Hall–Kier alpha value is -1.24. The lowest BCUT2D eigenvalue weighted by molar-refractivity contribution is 0.0324. The lowest BCUT2D eigenvalue weighted by Crippen LogP contribution is -2.49. The molecule has 1 fully saturated rings. The van der Waals surface area contributed by atoms with Crippen molar-refractivity contribution in [1.29, 1.82) is 0 Å². The van der Waals surface area contributed by atoms with Gasteiger partial charge in [0.25, 0.3) is 0 Å². The molecule has 1 saturated heterocycles. The highest BCUT2D eigenvalue weighted by Gasteiger charge is 2.16. The molecule has 1 aliphatic heterocycles. The number of hydrogen-bond donors (Lipinski definition) is 1. The van der Waals surface area contributed by atoms with Gasteiger partial charge in [0.1, 0.15) is 0 Å². The Labute approximate surface area is 95.2 Å². The smallest absolute Gasteiger partial charge is 0.237 e. The molecule has 0 saturated carbocycles. The molecule has 0 spiro atoms. The zero-order chi connectivity index (χ0) is 11.2. The third kappa shape index (κ3) is 3.13. The summed E-state index contributed by atoms with van der Waals surface area (Å²) in [4.78, 5) is 10.5. The van der Waals surface area contributed by atoms with E-state index < -0.39 is 0 Å². The van der Waals surface area contributed by atoms with Crippen LogP contribution in [0.2, 0.25) is 0 Å². The Morgan fingerprint density at radius 3 is 2.56 bits per heavy atom. The van der Waals surface area contributed by atoms with Gasteiger partial charge in [0.15, 0.2) is 0 Å². The quantitative estimate of drug-likeness (QED) is 0.777. The predicted molar refractivity (Wildman–Crippen MR) is 60.7 cm³/mol. The van der Waals surface area contributed by atoms with Crippen LogP contribution in [-0.4, -0.2) is 59.9 Å². The average Bonchev–Trinajstić information content (AvgIpc) is 2.33. The molecule has 0 bridgehead atoms. The third-order valence-electron chi connectivity index (χ3n) is 2.51. The van der Waals surface area contributed by atoms with Crippen LogP contribution >= 0.6 is 0 Å². The first-order valence-corrected chi connectivity index (χ1v) is 5.38. The molecule has 1 N–H and O–H groups in total. The van der Waals surface area contributed by atoms with Crippen molar-refractivity contribution in [3.05, 3.63) is 18.5 Å². The van der Waals surface area contributed by atoms with Gasteiger partial charge in [0, 0.05) is 45.7 Å². The first-order chi connectivity index (χ1) is 7.88. The first-order valence-electron chi connectivity index (χ1n) is 5.38. The van der Waals surface area contributed by atoms with Gasteiger partial charge in [-0.1, -0.05) is 0 Å². The summed E-state index contributed by atoms with van der Waals surface area (Å²) in [6.45, 7) is 4.58. The van der Waals surface area contributed by atoms with Crippen LogP contribution in [-0.2, 0) is 4.74 Å². The van der Waals surface area contributed by atoms with Crippen LogP contribution in [0.5, 0.6) is 0 Å². The van der Waals surface area contributed by atoms with E-state index in [2.05, 4.69) is 25.3 Å². The Kier molecular flexibility index (Phi) is 4.03. The normalized spacial score (nSPS) is 18.6. The van der Waals surface area contributed by atoms with Gasteiger partial charge >= 0.3 is 0 Å². The Balaban J connectivity index is 1.77. The second-order valence-electron chi connectivity index (χ2n) is 3.71. The molecular formula is C10H17N5O. The lowest BCUT2D eigenvalue weighted by atomic mass is 10.4. The lowest BCUT2D eigenvalue weighted by Gasteiger charge is -2.33. The molecule has 0 amide bonds. The highest BCUT2D eigenvalue weighted by Crippen LogP contribution is 2.03. The molecule has 1 aliphatic rings. The summed E-state index contributed by atoms with van der Waals surface area (Å²) in [5, 5.41) is 2.13. The highest BCUT2D eigenvalue weighted by molar-refractivity contribution is 5.20. The van der Waals surface area contributed by atoms with E-state index in [1.165, 1.54) is 0 Å². The third-order valence-corrected chi connectivity index (χ3v) is 2.51. The minimum Gasteiger partial charge on any atom is -0.369 e. The van der Waals surface area contributed by atoms with Gasteiger partial charge in [-0.15, -0.1) is 0 Å². The Morgan fingerprint density at radius 2 is 1.94 bits per heavy atom. The van der Waals surface area contributed by atoms with Crippen molar-refractivity contribution in [3.63, 3.8) is 0 Å². The van der Waals surface area contributed by atoms with E-state index in [0.717, 1.165) is 26.2 Å². The monoisotopic (exact) mass is 223 g/mol. The molecule has 0 atom stereocenters. The van der Waals surface area contributed by atoms with Crippen molar-refractivity contribution in [1.82, 2.24) is 19.9 Å². The largest absolute Gasteiger partial charge is 0.369 e. The van der Waals surface area contributed by atoms with Crippen molar-refractivity contribution in [2.75, 3.05) is 45.4 Å². The first kappa shape index (κ1) is 11.3. The fourth-order valence-corrected chi connectivity index (χ4v) is 1.67. The number of rotatable bonds is 4. The van der Waals surface area contributed by atoms with Crippen molar-refractivity contribution in [2.45, 2.75) is 0 Å². The maximum Gasteiger partial charge on any atom is 0.237 e. The molecule has 88 valence electrons. The molecule has 1 aromatic heterocycles. The predicted octanol–water partition coefficient (Wildman–Crippen LogP) is 0.0250. The summed E-state index contributed by atoms with van der Waals surface area (Å²) >= 11 is 0. The number of ether oxygens (including phenoxy) is 1. The van der Waals surface area contributed by atoms with E-state index in [0.29, 0.717) is 12.7 Å². The van der Waals surface area contributed by atoms with Crippen LogP contribution in [0.4, 0.5) is 5.95 Å². The summed E-state index contributed by atoms with van der Waals surface area (Å²) < 4.78 is 5.10. The highest BCUT2D eigenvalue weighted by atomic mass is 16.5. The van der Waals surface area contributed by atoms with Gasteiger partial charge in [0.2, 0.25) is 5.95 Å². The molecule has 0 aromatic carbocycles. The van der Waals surface area contributed by atoms with E-state index in [1.807, 2.05) is 6.07 Å². The van der Waals surface area contributed by atoms with Crippen LogP contribution in [0.15, 0.2) is 18.5 Å². The fourth-order valence-electron chi connectivity index (χ4n) is 1.67. The fraction of sp³-hybridized carbons (Fsp3) is 0.600. The minimum absolute atomic E-state index is 0.655. The maximum atomic E-state index is 5.10.